The molecule has 2 atom stereocenters. The number of anilines is 1. The number of nitrogens with zero attached hydrogens (tertiary/aromatic N) is 2. The molecule has 0 aliphatic carbocycles. The van der Waals surface area contributed by atoms with Gasteiger partial charge in [0.15, 0.2) is 15.0 Å². The lowest BCUT2D eigenvalue weighted by Gasteiger charge is -2.26. The van der Waals surface area contributed by atoms with Crippen molar-refractivity contribution in [2.24, 2.45) is 4.99 Å². The molecule has 1 saturated heterocycles. The summed E-state index contributed by atoms with van der Waals surface area (Å²) in [7, 11) is -3.08. The molecule has 4 nitrogen and oxygen atoms in total. The topological polar surface area (TPSA) is 49.7 Å². The van der Waals surface area contributed by atoms with E-state index in [-0.39, 0.29) is 29.4 Å². The number of fused-ring (bicyclic) bond motifs is 1. The molecule has 2 aromatic rings. The Morgan fingerprint density at radius 2 is 1.96 bits per heavy atom. The van der Waals surface area contributed by atoms with Gasteiger partial charge in [0.2, 0.25) is 0 Å². The summed E-state index contributed by atoms with van der Waals surface area (Å²) in [5, 5.41) is 1.39. The zero-order chi connectivity index (χ0) is 18.3. The van der Waals surface area contributed by atoms with Crippen LogP contribution in [0.25, 0.3) is 0 Å². The van der Waals surface area contributed by atoms with Crippen molar-refractivity contribution < 1.29 is 12.8 Å². The number of hydrogen-bond acceptors (Lipinski definition) is 5. The van der Waals surface area contributed by atoms with Crippen LogP contribution in [0.15, 0.2) is 53.5 Å². The third kappa shape index (κ3) is 3.61. The second-order valence-corrected chi connectivity index (χ2v) is 9.92. The zero-order valence-corrected chi connectivity index (χ0v) is 16.1. The zero-order valence-electron chi connectivity index (χ0n) is 13.7. The van der Waals surface area contributed by atoms with E-state index in [1.807, 2.05) is 23.1 Å². The number of hydrogen-bond donors (Lipinski definition) is 0. The van der Waals surface area contributed by atoms with Crippen LogP contribution in [-0.2, 0) is 15.6 Å². The molecule has 0 spiro atoms. The Labute approximate surface area is 161 Å². The van der Waals surface area contributed by atoms with E-state index in [2.05, 4.69) is 4.99 Å². The number of thioether (sulfide) groups is 1. The molecule has 0 unspecified atom stereocenters. The Morgan fingerprint density at radius 1 is 1.19 bits per heavy atom. The number of benzene rings is 2. The van der Waals surface area contributed by atoms with Crippen molar-refractivity contribution >= 4 is 44.1 Å². The average molecular weight is 411 g/mol. The highest BCUT2D eigenvalue weighted by atomic mass is 35.5. The monoisotopic (exact) mass is 410 g/mol. The molecule has 2 aromatic carbocycles. The van der Waals surface area contributed by atoms with E-state index in [1.165, 1.54) is 23.9 Å². The van der Waals surface area contributed by atoms with E-state index < -0.39 is 9.84 Å². The Morgan fingerprint density at radius 3 is 2.69 bits per heavy atom. The number of halogens is 2. The summed E-state index contributed by atoms with van der Waals surface area (Å²) >= 11 is 7.47. The third-order valence-corrected chi connectivity index (χ3v) is 7.46. The average Bonchev–Trinajstić information content (AvgIpc) is 3.05. The van der Waals surface area contributed by atoms with Crippen molar-refractivity contribution in [3.8, 4) is 0 Å². The molecule has 0 amide bonds. The van der Waals surface area contributed by atoms with Crippen LogP contribution in [0, 0.1) is 5.82 Å². The summed E-state index contributed by atoms with van der Waals surface area (Å²) in [4.78, 5) is 6.64. The van der Waals surface area contributed by atoms with Crippen molar-refractivity contribution in [1.82, 2.24) is 0 Å². The lowest BCUT2D eigenvalue weighted by molar-refractivity contribution is 0.601. The summed E-state index contributed by atoms with van der Waals surface area (Å²) in [6.07, 6.45) is 0. The maximum Gasteiger partial charge on any atom is 0.164 e. The van der Waals surface area contributed by atoms with Gasteiger partial charge in [-0.2, -0.15) is 0 Å². The normalized spacial score (nSPS) is 23.8. The Bertz CT molecular complexity index is 963. The van der Waals surface area contributed by atoms with Crippen LogP contribution in [0.2, 0.25) is 5.02 Å². The van der Waals surface area contributed by atoms with Crippen LogP contribution in [0.5, 0.6) is 0 Å². The smallest absolute Gasteiger partial charge is 0.164 e. The van der Waals surface area contributed by atoms with Crippen LogP contribution >= 0.6 is 23.4 Å². The molecule has 1 fully saturated rings. The number of sulfone groups is 1. The highest BCUT2D eigenvalue weighted by Crippen LogP contribution is 2.36. The molecule has 0 N–H and O–H groups in total. The highest BCUT2D eigenvalue weighted by molar-refractivity contribution is 8.13. The Kier molecular flexibility index (Phi) is 4.71. The van der Waals surface area contributed by atoms with E-state index in [4.69, 9.17) is 11.6 Å². The summed E-state index contributed by atoms with van der Waals surface area (Å²) in [5.41, 5.74) is 1.72. The van der Waals surface area contributed by atoms with Gasteiger partial charge in [0.1, 0.15) is 5.82 Å². The van der Waals surface area contributed by atoms with Gasteiger partial charge in [-0.3, -0.25) is 4.99 Å². The number of amidine groups is 1. The van der Waals surface area contributed by atoms with Crippen LogP contribution in [-0.4, -0.2) is 37.2 Å². The first-order chi connectivity index (χ1) is 12.4. The fraction of sp³-hybridized carbons (Fsp3) is 0.278. The minimum absolute atomic E-state index is 0.0752. The molecular weight excluding hydrogens is 395 g/mol. The molecule has 2 aliphatic rings. The van der Waals surface area contributed by atoms with Gasteiger partial charge in [-0.05, 0) is 42.0 Å². The van der Waals surface area contributed by atoms with Crippen molar-refractivity contribution in [3.63, 3.8) is 0 Å². The fourth-order valence-corrected chi connectivity index (χ4v) is 6.35. The van der Waals surface area contributed by atoms with Crippen LogP contribution in [0.3, 0.4) is 0 Å². The number of rotatable bonds is 3. The SMILES string of the molecule is O=S1(=O)C[C@@H]2[C@@H](C1)N=C(SCc1cccc(F)c1)N2c1ccc(Cl)cc1. The standard InChI is InChI=1S/C18H16ClFN2O2S2/c19-13-4-6-15(7-5-13)22-17-11-26(23,24)10-16(17)21-18(22)25-9-12-2-1-3-14(20)8-12/h1-8,16-17H,9-11H2/t16-,17-/m1/s1. The fourth-order valence-electron chi connectivity index (χ4n) is 3.31. The summed E-state index contributed by atoms with van der Waals surface area (Å²) in [6.45, 7) is 0. The summed E-state index contributed by atoms with van der Waals surface area (Å²) < 4.78 is 37.5. The third-order valence-electron chi connectivity index (χ3n) is 4.47. The molecule has 4 rings (SSSR count). The van der Waals surface area contributed by atoms with E-state index in [0.29, 0.717) is 10.8 Å². The molecule has 2 aliphatic heterocycles. The molecule has 26 heavy (non-hydrogen) atoms. The van der Waals surface area contributed by atoms with Crippen molar-refractivity contribution in [2.45, 2.75) is 17.8 Å². The van der Waals surface area contributed by atoms with Crippen LogP contribution in [0.1, 0.15) is 5.56 Å². The minimum atomic E-state index is -3.08. The quantitative estimate of drug-likeness (QED) is 0.773. The van der Waals surface area contributed by atoms with Crippen LogP contribution in [0.4, 0.5) is 10.1 Å². The summed E-state index contributed by atoms with van der Waals surface area (Å²) in [6, 6.07) is 13.3. The molecule has 2 heterocycles. The predicted molar refractivity (Wildman–Crippen MR) is 105 cm³/mol. The maximum atomic E-state index is 13.4. The molecular formula is C18H16ClFN2O2S2. The second-order valence-electron chi connectivity index (χ2n) is 6.39. The second kappa shape index (κ2) is 6.87. The van der Waals surface area contributed by atoms with Gasteiger partial charge < -0.3 is 4.90 Å². The molecule has 8 heteroatoms. The van der Waals surface area contributed by atoms with Gasteiger partial charge in [-0.25, -0.2) is 12.8 Å². The van der Waals surface area contributed by atoms with Crippen molar-refractivity contribution in [3.05, 3.63) is 64.9 Å². The van der Waals surface area contributed by atoms with Gasteiger partial charge in [0.25, 0.3) is 0 Å². The van der Waals surface area contributed by atoms with Crippen molar-refractivity contribution in [1.29, 1.82) is 0 Å². The molecule has 0 bridgehead atoms. The van der Waals surface area contributed by atoms with Gasteiger partial charge >= 0.3 is 0 Å². The van der Waals surface area contributed by atoms with Gasteiger partial charge in [0.05, 0.1) is 23.6 Å². The van der Waals surface area contributed by atoms with Gasteiger partial charge in [-0.1, -0.05) is 35.5 Å². The molecule has 0 radical (unpaired) electrons. The first kappa shape index (κ1) is 17.8. The molecule has 0 aromatic heterocycles. The van der Waals surface area contributed by atoms with Gasteiger partial charge in [-0.15, -0.1) is 0 Å². The molecule has 136 valence electrons. The largest absolute Gasteiger partial charge is 0.315 e. The van der Waals surface area contributed by atoms with E-state index >= 15 is 0 Å². The number of aliphatic imine (C=N–C) groups is 1. The predicted octanol–water partition coefficient (Wildman–Crippen LogP) is 3.75. The van der Waals surface area contributed by atoms with E-state index in [9.17, 15) is 12.8 Å². The van der Waals surface area contributed by atoms with Crippen LogP contribution < -0.4 is 4.90 Å². The maximum absolute atomic E-state index is 13.4. The van der Waals surface area contributed by atoms with E-state index in [1.54, 1.807) is 18.2 Å². The Balaban J connectivity index is 1.61. The highest BCUT2D eigenvalue weighted by Gasteiger charge is 2.47. The lowest BCUT2D eigenvalue weighted by atomic mass is 10.1. The lowest BCUT2D eigenvalue weighted by Crippen LogP contribution is -2.39. The minimum Gasteiger partial charge on any atom is -0.315 e. The summed E-state index contributed by atoms with van der Waals surface area (Å²) in [5.74, 6) is 0.459. The molecule has 0 saturated carbocycles. The Hall–Kier alpha value is -1.57. The van der Waals surface area contributed by atoms with E-state index in [0.717, 1.165) is 16.4 Å². The first-order valence-corrected chi connectivity index (χ1v) is 11.3. The first-order valence-electron chi connectivity index (χ1n) is 8.11. The van der Waals surface area contributed by atoms with Gasteiger partial charge in [0, 0.05) is 16.5 Å². The van der Waals surface area contributed by atoms with Crippen molar-refractivity contribution in [2.75, 3.05) is 16.4 Å².